The van der Waals surface area contributed by atoms with Crippen LogP contribution in [-0.4, -0.2) is 14.9 Å². The van der Waals surface area contributed by atoms with Crippen molar-refractivity contribution in [3.63, 3.8) is 0 Å². The molecule has 6 heteroatoms. The number of halogens is 1. The molecule has 0 atom stereocenters. The average Bonchev–Trinajstić information content (AvgIpc) is 2.46. The van der Waals surface area contributed by atoms with Crippen molar-refractivity contribution in [2.75, 3.05) is 0 Å². The van der Waals surface area contributed by atoms with Gasteiger partial charge in [-0.1, -0.05) is 18.2 Å². The van der Waals surface area contributed by atoms with Gasteiger partial charge in [-0.2, -0.15) is 0 Å². The molecule has 0 amide bonds. The number of hydrogen-bond donors (Lipinski definition) is 0. The van der Waals surface area contributed by atoms with Crippen LogP contribution in [0.3, 0.4) is 0 Å². The summed E-state index contributed by atoms with van der Waals surface area (Å²) in [5.74, 6) is -0.480. The van der Waals surface area contributed by atoms with Gasteiger partial charge in [-0.05, 0) is 12.1 Å². The Bertz CT molecular complexity index is 820. The number of pyridine rings is 2. The van der Waals surface area contributed by atoms with Crippen LogP contribution in [0.4, 0.5) is 10.1 Å². The molecule has 5 nitrogen and oxygen atoms in total. The van der Waals surface area contributed by atoms with E-state index < -0.39 is 10.7 Å². The Labute approximate surface area is 112 Å². The summed E-state index contributed by atoms with van der Waals surface area (Å²) in [4.78, 5) is 18.5. The minimum absolute atomic E-state index is 0.0753. The van der Waals surface area contributed by atoms with Gasteiger partial charge in [0.25, 0.3) is 5.69 Å². The molecule has 0 aliphatic heterocycles. The summed E-state index contributed by atoms with van der Waals surface area (Å²) in [6, 6.07) is 9.42. The summed E-state index contributed by atoms with van der Waals surface area (Å²) in [6.07, 6.45) is 2.55. The molecule has 1 aromatic carbocycles. The topological polar surface area (TPSA) is 68.9 Å². The molecule has 0 aliphatic rings. The summed E-state index contributed by atoms with van der Waals surface area (Å²) in [6.45, 7) is 0. The standard InChI is InChI=1S/C14H8FN3O2/c15-11-6-10(7-16-8-11)12-5-4-9-2-1-3-13(18(19)20)14(9)17-12/h1-8H. The fourth-order valence-corrected chi connectivity index (χ4v) is 1.99. The lowest BCUT2D eigenvalue weighted by Crippen LogP contribution is -1.93. The number of hydrogen-bond acceptors (Lipinski definition) is 4. The maximum Gasteiger partial charge on any atom is 0.295 e. The molecule has 0 spiro atoms. The largest absolute Gasteiger partial charge is 0.295 e. The monoisotopic (exact) mass is 269 g/mol. The molecule has 0 saturated carbocycles. The van der Waals surface area contributed by atoms with Gasteiger partial charge in [-0.3, -0.25) is 15.1 Å². The molecule has 0 unspecified atom stereocenters. The van der Waals surface area contributed by atoms with Crippen LogP contribution in [0.25, 0.3) is 22.2 Å². The minimum Gasteiger partial charge on any atom is -0.261 e. The molecular formula is C14H8FN3O2. The van der Waals surface area contributed by atoms with Gasteiger partial charge in [-0.15, -0.1) is 0 Å². The van der Waals surface area contributed by atoms with Crippen LogP contribution in [0.5, 0.6) is 0 Å². The predicted molar refractivity (Wildman–Crippen MR) is 71.6 cm³/mol. The molecule has 98 valence electrons. The zero-order chi connectivity index (χ0) is 14.1. The van der Waals surface area contributed by atoms with E-state index in [9.17, 15) is 14.5 Å². The first-order valence-corrected chi connectivity index (χ1v) is 5.80. The number of nitro benzene ring substituents is 1. The van der Waals surface area contributed by atoms with Gasteiger partial charge in [0.2, 0.25) is 0 Å². The molecule has 2 aromatic heterocycles. The van der Waals surface area contributed by atoms with Gasteiger partial charge >= 0.3 is 0 Å². The number of aromatic nitrogens is 2. The Morgan fingerprint density at radius 2 is 2.00 bits per heavy atom. The van der Waals surface area contributed by atoms with Crippen molar-refractivity contribution in [2.45, 2.75) is 0 Å². The summed E-state index contributed by atoms with van der Waals surface area (Å²) < 4.78 is 13.2. The third kappa shape index (κ3) is 2.07. The molecule has 0 saturated heterocycles. The number of nitro groups is 1. The van der Waals surface area contributed by atoms with E-state index in [-0.39, 0.29) is 11.2 Å². The van der Waals surface area contributed by atoms with Crippen molar-refractivity contribution in [3.8, 4) is 11.3 Å². The lowest BCUT2D eigenvalue weighted by atomic mass is 10.1. The van der Waals surface area contributed by atoms with Gasteiger partial charge in [0.1, 0.15) is 11.3 Å². The van der Waals surface area contributed by atoms with E-state index in [0.717, 1.165) is 6.20 Å². The SMILES string of the molecule is O=[N+]([O-])c1cccc2ccc(-c3cncc(F)c3)nc12. The number of fused-ring (bicyclic) bond motifs is 1. The average molecular weight is 269 g/mol. The van der Waals surface area contributed by atoms with E-state index in [1.807, 2.05) is 0 Å². The van der Waals surface area contributed by atoms with E-state index in [1.165, 1.54) is 18.3 Å². The molecule has 0 bridgehead atoms. The quantitative estimate of drug-likeness (QED) is 0.528. The number of non-ortho nitro benzene ring substituents is 1. The highest BCUT2D eigenvalue weighted by Crippen LogP contribution is 2.26. The fraction of sp³-hybridized carbons (Fsp3) is 0. The highest BCUT2D eigenvalue weighted by Gasteiger charge is 2.13. The first-order valence-electron chi connectivity index (χ1n) is 5.80. The van der Waals surface area contributed by atoms with Crippen LogP contribution in [0.15, 0.2) is 48.8 Å². The van der Waals surface area contributed by atoms with Gasteiger partial charge in [0.05, 0.1) is 16.8 Å². The van der Waals surface area contributed by atoms with Crippen molar-refractivity contribution in [1.29, 1.82) is 0 Å². The fourth-order valence-electron chi connectivity index (χ4n) is 1.99. The zero-order valence-corrected chi connectivity index (χ0v) is 10.2. The second-order valence-corrected chi connectivity index (χ2v) is 4.19. The van der Waals surface area contributed by atoms with E-state index >= 15 is 0 Å². The third-order valence-corrected chi connectivity index (χ3v) is 2.90. The Morgan fingerprint density at radius 1 is 1.15 bits per heavy atom. The second kappa shape index (κ2) is 4.65. The highest BCUT2D eigenvalue weighted by atomic mass is 19.1. The van der Waals surface area contributed by atoms with Crippen molar-refractivity contribution < 1.29 is 9.31 Å². The van der Waals surface area contributed by atoms with Crippen LogP contribution in [0.1, 0.15) is 0 Å². The maximum absolute atomic E-state index is 13.2. The number of nitrogens with zero attached hydrogens (tertiary/aromatic N) is 3. The first kappa shape index (κ1) is 12.2. The van der Waals surface area contributed by atoms with Crippen molar-refractivity contribution >= 4 is 16.6 Å². The van der Waals surface area contributed by atoms with Gasteiger partial charge in [-0.25, -0.2) is 9.37 Å². The van der Waals surface area contributed by atoms with Gasteiger partial charge < -0.3 is 0 Å². The highest BCUT2D eigenvalue weighted by molar-refractivity contribution is 5.88. The Balaban J connectivity index is 2.24. The number of rotatable bonds is 2. The van der Waals surface area contributed by atoms with Crippen LogP contribution >= 0.6 is 0 Å². The molecule has 0 fully saturated rings. The summed E-state index contributed by atoms with van der Waals surface area (Å²) in [5.41, 5.74) is 1.12. The molecule has 0 radical (unpaired) electrons. The lowest BCUT2D eigenvalue weighted by molar-refractivity contribution is -0.383. The second-order valence-electron chi connectivity index (χ2n) is 4.19. The molecule has 0 aliphatic carbocycles. The predicted octanol–water partition coefficient (Wildman–Crippen LogP) is 3.34. The molecule has 3 aromatic rings. The smallest absolute Gasteiger partial charge is 0.261 e. The number of para-hydroxylation sites is 1. The normalized spacial score (nSPS) is 10.7. The molecule has 20 heavy (non-hydrogen) atoms. The maximum atomic E-state index is 13.2. The minimum atomic E-state index is -0.483. The Hall–Kier alpha value is -2.89. The summed E-state index contributed by atoms with van der Waals surface area (Å²) >= 11 is 0. The summed E-state index contributed by atoms with van der Waals surface area (Å²) in [7, 11) is 0. The van der Waals surface area contributed by atoms with Crippen LogP contribution < -0.4 is 0 Å². The van der Waals surface area contributed by atoms with Gasteiger partial charge in [0, 0.05) is 23.2 Å². The van der Waals surface area contributed by atoms with E-state index in [4.69, 9.17) is 0 Å². The first-order chi connectivity index (χ1) is 9.65. The van der Waals surface area contributed by atoms with Crippen molar-refractivity contribution in [1.82, 2.24) is 9.97 Å². The van der Waals surface area contributed by atoms with Crippen LogP contribution in [-0.2, 0) is 0 Å². The third-order valence-electron chi connectivity index (χ3n) is 2.90. The number of benzene rings is 1. The van der Waals surface area contributed by atoms with Crippen LogP contribution in [0.2, 0.25) is 0 Å². The van der Waals surface area contributed by atoms with E-state index in [0.29, 0.717) is 16.6 Å². The van der Waals surface area contributed by atoms with Crippen molar-refractivity contribution in [2.24, 2.45) is 0 Å². The molecule has 3 rings (SSSR count). The van der Waals surface area contributed by atoms with E-state index in [1.54, 1.807) is 24.3 Å². The van der Waals surface area contributed by atoms with Crippen molar-refractivity contribution in [3.05, 3.63) is 64.7 Å². The zero-order valence-electron chi connectivity index (χ0n) is 10.2. The van der Waals surface area contributed by atoms with E-state index in [2.05, 4.69) is 9.97 Å². The Kier molecular flexibility index (Phi) is 2.83. The van der Waals surface area contributed by atoms with Crippen LogP contribution in [0, 0.1) is 15.9 Å². The lowest BCUT2D eigenvalue weighted by Gasteiger charge is -2.03. The molecule has 2 heterocycles. The van der Waals surface area contributed by atoms with Gasteiger partial charge in [0.15, 0.2) is 0 Å². The molecule has 0 N–H and O–H groups in total. The summed E-state index contributed by atoms with van der Waals surface area (Å²) in [5, 5.41) is 11.7. The molecular weight excluding hydrogens is 261 g/mol. The Morgan fingerprint density at radius 3 is 2.75 bits per heavy atom.